The van der Waals surface area contributed by atoms with Crippen molar-refractivity contribution in [2.45, 2.75) is 13.3 Å². The molecule has 0 amide bonds. The van der Waals surface area contributed by atoms with Crippen LogP contribution in [-0.4, -0.2) is 12.4 Å². The van der Waals surface area contributed by atoms with Gasteiger partial charge in [-0.2, -0.15) is 0 Å². The third-order valence-corrected chi connectivity index (χ3v) is 2.62. The van der Waals surface area contributed by atoms with Crippen LogP contribution in [0, 0.1) is 5.92 Å². The Morgan fingerprint density at radius 3 is 3.07 bits per heavy atom. The summed E-state index contributed by atoms with van der Waals surface area (Å²) in [5, 5.41) is 0. The van der Waals surface area contributed by atoms with E-state index in [-0.39, 0.29) is 11.7 Å². The number of allylic oxidation sites excluding steroid dienone is 2. The predicted molar refractivity (Wildman–Crippen MR) is 59.2 cm³/mol. The predicted octanol–water partition coefficient (Wildman–Crippen LogP) is 2.84. The molecule has 2 heteroatoms. The highest BCUT2D eigenvalue weighted by Crippen LogP contribution is 2.28. The fraction of sp³-hybridized carbons (Fsp3) is 0.308. The molecule has 0 saturated heterocycles. The molecule has 0 aliphatic carbocycles. The van der Waals surface area contributed by atoms with Crippen molar-refractivity contribution in [1.82, 2.24) is 0 Å². The van der Waals surface area contributed by atoms with Gasteiger partial charge in [0.2, 0.25) is 0 Å². The van der Waals surface area contributed by atoms with Crippen molar-refractivity contribution in [3.8, 4) is 5.75 Å². The average Bonchev–Trinajstić information content (AvgIpc) is 2.29. The van der Waals surface area contributed by atoms with Crippen molar-refractivity contribution in [2.24, 2.45) is 5.92 Å². The summed E-state index contributed by atoms with van der Waals surface area (Å²) in [6.07, 6.45) is 4.75. The van der Waals surface area contributed by atoms with E-state index in [1.165, 1.54) is 0 Å². The van der Waals surface area contributed by atoms with Gasteiger partial charge in [0, 0.05) is 0 Å². The van der Waals surface area contributed by atoms with Crippen LogP contribution in [0.5, 0.6) is 5.75 Å². The summed E-state index contributed by atoms with van der Waals surface area (Å²) < 4.78 is 5.55. The molecule has 1 atom stereocenters. The zero-order chi connectivity index (χ0) is 10.7. The van der Waals surface area contributed by atoms with E-state index >= 15 is 0 Å². The van der Waals surface area contributed by atoms with E-state index in [0.717, 1.165) is 17.7 Å². The molecule has 78 valence electrons. The van der Waals surface area contributed by atoms with Gasteiger partial charge >= 0.3 is 0 Å². The molecule has 1 aliphatic heterocycles. The first-order valence-electron chi connectivity index (χ1n) is 5.20. The van der Waals surface area contributed by atoms with Crippen LogP contribution in [0.2, 0.25) is 0 Å². The number of ketones is 1. The number of hydrogen-bond acceptors (Lipinski definition) is 2. The molecule has 1 unspecified atom stereocenters. The van der Waals surface area contributed by atoms with Crippen LogP contribution >= 0.6 is 0 Å². The Kier molecular flexibility index (Phi) is 2.86. The molecule has 1 aliphatic rings. The van der Waals surface area contributed by atoms with Gasteiger partial charge in [0.1, 0.15) is 5.75 Å². The van der Waals surface area contributed by atoms with E-state index in [1.807, 2.05) is 43.3 Å². The van der Waals surface area contributed by atoms with Crippen LogP contribution < -0.4 is 4.74 Å². The molecular formula is C13H14O2. The minimum absolute atomic E-state index is 0.0175. The standard InChI is InChI=1S/C13H14O2/c1-2-3-6-10-9-15-12-8-5-4-7-11(12)13(10)14/h2-5,7-8,10H,6,9H2,1H3. The highest BCUT2D eigenvalue weighted by molar-refractivity contribution is 6.01. The number of benzene rings is 1. The van der Waals surface area contributed by atoms with E-state index in [9.17, 15) is 4.79 Å². The van der Waals surface area contributed by atoms with Gasteiger partial charge in [-0.25, -0.2) is 0 Å². The van der Waals surface area contributed by atoms with Crippen molar-refractivity contribution >= 4 is 5.78 Å². The highest BCUT2D eigenvalue weighted by atomic mass is 16.5. The normalized spacial score (nSPS) is 20.1. The Bertz CT molecular complexity index is 393. The smallest absolute Gasteiger partial charge is 0.173 e. The van der Waals surface area contributed by atoms with Crippen LogP contribution in [0.15, 0.2) is 36.4 Å². The summed E-state index contributed by atoms with van der Waals surface area (Å²) in [5.41, 5.74) is 0.721. The summed E-state index contributed by atoms with van der Waals surface area (Å²) in [4.78, 5) is 12.0. The van der Waals surface area contributed by atoms with Gasteiger partial charge in [-0.1, -0.05) is 24.3 Å². The minimum atomic E-state index is -0.0175. The van der Waals surface area contributed by atoms with Crippen LogP contribution in [0.3, 0.4) is 0 Å². The first kappa shape index (κ1) is 9.97. The third-order valence-electron chi connectivity index (χ3n) is 2.62. The molecule has 0 fully saturated rings. The largest absolute Gasteiger partial charge is 0.492 e. The van der Waals surface area contributed by atoms with E-state index in [4.69, 9.17) is 4.74 Å². The molecule has 1 aromatic rings. The fourth-order valence-corrected chi connectivity index (χ4v) is 1.76. The summed E-state index contributed by atoms with van der Waals surface area (Å²) in [7, 11) is 0. The number of carbonyl (C=O) groups is 1. The van der Waals surface area contributed by atoms with Gasteiger partial charge in [-0.05, 0) is 25.5 Å². The topological polar surface area (TPSA) is 26.3 Å². The number of Topliss-reactive ketones (excluding diaryl/α,β-unsaturated/α-hetero) is 1. The molecule has 0 radical (unpaired) electrons. The van der Waals surface area contributed by atoms with Crippen molar-refractivity contribution in [3.63, 3.8) is 0 Å². The maximum atomic E-state index is 12.0. The Morgan fingerprint density at radius 2 is 2.27 bits per heavy atom. The molecular weight excluding hydrogens is 188 g/mol. The second kappa shape index (κ2) is 4.30. The van der Waals surface area contributed by atoms with Gasteiger partial charge in [0.25, 0.3) is 0 Å². The summed E-state index contributed by atoms with van der Waals surface area (Å²) in [6, 6.07) is 7.44. The van der Waals surface area contributed by atoms with Crippen LogP contribution in [0.1, 0.15) is 23.7 Å². The molecule has 0 saturated carbocycles. The maximum absolute atomic E-state index is 12.0. The molecule has 2 nitrogen and oxygen atoms in total. The molecule has 1 aromatic carbocycles. The van der Waals surface area contributed by atoms with Crippen molar-refractivity contribution in [3.05, 3.63) is 42.0 Å². The van der Waals surface area contributed by atoms with Crippen molar-refractivity contribution in [2.75, 3.05) is 6.61 Å². The SMILES string of the molecule is CC=CCC1COc2ccccc2C1=O. The second-order valence-electron chi connectivity index (χ2n) is 3.67. The number of rotatable bonds is 2. The van der Waals surface area contributed by atoms with E-state index in [0.29, 0.717) is 6.61 Å². The zero-order valence-electron chi connectivity index (χ0n) is 8.77. The van der Waals surface area contributed by atoms with Gasteiger partial charge in [-0.15, -0.1) is 0 Å². The zero-order valence-corrected chi connectivity index (χ0v) is 8.77. The summed E-state index contributed by atoms with van der Waals surface area (Å²) >= 11 is 0. The number of para-hydroxylation sites is 1. The Balaban J connectivity index is 2.22. The minimum Gasteiger partial charge on any atom is -0.492 e. The van der Waals surface area contributed by atoms with Crippen molar-refractivity contribution in [1.29, 1.82) is 0 Å². The Labute approximate surface area is 89.6 Å². The van der Waals surface area contributed by atoms with Crippen LogP contribution in [0.4, 0.5) is 0 Å². The lowest BCUT2D eigenvalue weighted by molar-refractivity contribution is 0.0833. The first-order chi connectivity index (χ1) is 7.33. The Hall–Kier alpha value is -1.57. The van der Waals surface area contributed by atoms with E-state index in [2.05, 4.69) is 0 Å². The maximum Gasteiger partial charge on any atom is 0.173 e. The lowest BCUT2D eigenvalue weighted by Gasteiger charge is -2.22. The van der Waals surface area contributed by atoms with Crippen LogP contribution in [0.25, 0.3) is 0 Å². The highest BCUT2D eigenvalue weighted by Gasteiger charge is 2.27. The van der Waals surface area contributed by atoms with Gasteiger partial charge in [0.15, 0.2) is 5.78 Å². The molecule has 0 bridgehead atoms. The van der Waals surface area contributed by atoms with Crippen LogP contribution in [-0.2, 0) is 0 Å². The monoisotopic (exact) mass is 202 g/mol. The summed E-state index contributed by atoms with van der Waals surface area (Å²) in [6.45, 7) is 2.46. The number of fused-ring (bicyclic) bond motifs is 1. The first-order valence-corrected chi connectivity index (χ1v) is 5.20. The molecule has 2 rings (SSSR count). The van der Waals surface area contributed by atoms with Gasteiger partial charge in [0.05, 0.1) is 18.1 Å². The quantitative estimate of drug-likeness (QED) is 0.689. The number of ether oxygens (including phenoxy) is 1. The molecule has 0 aromatic heterocycles. The second-order valence-corrected chi connectivity index (χ2v) is 3.67. The van der Waals surface area contributed by atoms with E-state index < -0.39 is 0 Å². The van der Waals surface area contributed by atoms with E-state index in [1.54, 1.807) is 0 Å². The number of carbonyl (C=O) groups excluding carboxylic acids is 1. The third kappa shape index (κ3) is 1.94. The average molecular weight is 202 g/mol. The lowest BCUT2D eigenvalue weighted by atomic mass is 9.92. The lowest BCUT2D eigenvalue weighted by Crippen LogP contribution is -2.27. The molecule has 15 heavy (non-hydrogen) atoms. The molecule has 0 spiro atoms. The molecule has 1 heterocycles. The van der Waals surface area contributed by atoms with Gasteiger partial charge < -0.3 is 4.74 Å². The molecule has 0 N–H and O–H groups in total. The fourth-order valence-electron chi connectivity index (χ4n) is 1.76. The van der Waals surface area contributed by atoms with Gasteiger partial charge in [-0.3, -0.25) is 4.79 Å². The van der Waals surface area contributed by atoms with Crippen molar-refractivity contribution < 1.29 is 9.53 Å². The summed E-state index contributed by atoms with van der Waals surface area (Å²) in [5.74, 6) is 0.908. The Morgan fingerprint density at radius 1 is 1.47 bits per heavy atom. The number of hydrogen-bond donors (Lipinski definition) is 0.